The van der Waals surface area contributed by atoms with Crippen LogP contribution in [0.2, 0.25) is 0 Å². The number of ether oxygens (including phenoxy) is 1. The first-order valence-electron chi connectivity index (χ1n) is 7.82. The summed E-state index contributed by atoms with van der Waals surface area (Å²) in [5, 5.41) is 9.42. The van der Waals surface area contributed by atoms with Gasteiger partial charge in [-0.05, 0) is 25.3 Å². The zero-order chi connectivity index (χ0) is 15.1. The maximum absolute atomic E-state index is 12.4. The van der Waals surface area contributed by atoms with Gasteiger partial charge in [-0.3, -0.25) is 0 Å². The van der Waals surface area contributed by atoms with Crippen LogP contribution in [0.15, 0.2) is 30.3 Å². The third kappa shape index (κ3) is 4.46. The first-order chi connectivity index (χ1) is 10.2. The number of rotatable bonds is 5. The summed E-state index contributed by atoms with van der Waals surface area (Å²) in [7, 11) is 0. The molecular formula is C17H25NO3. The highest BCUT2D eigenvalue weighted by Crippen LogP contribution is 2.25. The molecule has 0 saturated heterocycles. The van der Waals surface area contributed by atoms with Crippen molar-refractivity contribution in [3.05, 3.63) is 35.9 Å². The van der Waals surface area contributed by atoms with Crippen molar-refractivity contribution in [3.63, 3.8) is 0 Å². The van der Waals surface area contributed by atoms with Crippen molar-refractivity contribution in [2.75, 3.05) is 6.61 Å². The summed E-state index contributed by atoms with van der Waals surface area (Å²) in [6.07, 6.45) is 5.22. The number of hydrogen-bond donors (Lipinski definition) is 1. The highest BCUT2D eigenvalue weighted by Gasteiger charge is 2.30. The van der Waals surface area contributed by atoms with Crippen LogP contribution in [0.1, 0.15) is 44.6 Å². The Hall–Kier alpha value is -1.55. The van der Waals surface area contributed by atoms with Crippen molar-refractivity contribution in [2.45, 2.75) is 57.7 Å². The molecule has 1 aromatic carbocycles. The van der Waals surface area contributed by atoms with Gasteiger partial charge in [0.05, 0.1) is 12.6 Å². The number of aliphatic hydroxyl groups excluding tert-OH is 1. The summed E-state index contributed by atoms with van der Waals surface area (Å²) in [6.45, 7) is 2.12. The molecule has 21 heavy (non-hydrogen) atoms. The van der Waals surface area contributed by atoms with Gasteiger partial charge in [0.15, 0.2) is 0 Å². The van der Waals surface area contributed by atoms with Crippen molar-refractivity contribution in [2.24, 2.45) is 0 Å². The van der Waals surface area contributed by atoms with Gasteiger partial charge >= 0.3 is 6.09 Å². The Balaban J connectivity index is 1.96. The van der Waals surface area contributed by atoms with Crippen molar-refractivity contribution < 1.29 is 14.6 Å². The Labute approximate surface area is 126 Å². The summed E-state index contributed by atoms with van der Waals surface area (Å²) < 4.78 is 5.44. The van der Waals surface area contributed by atoms with Crippen molar-refractivity contribution in [3.8, 4) is 0 Å². The summed E-state index contributed by atoms with van der Waals surface area (Å²) >= 11 is 0. The number of carbonyl (C=O) groups excluding carboxylic acids is 1. The van der Waals surface area contributed by atoms with Crippen LogP contribution in [0, 0.1) is 0 Å². The first kappa shape index (κ1) is 15.8. The van der Waals surface area contributed by atoms with Gasteiger partial charge in [0.1, 0.15) is 6.61 Å². The molecule has 1 fully saturated rings. The largest absolute Gasteiger partial charge is 0.445 e. The summed E-state index contributed by atoms with van der Waals surface area (Å²) in [5.41, 5.74) is 0.978. The minimum absolute atomic E-state index is 0.0308. The molecule has 1 aromatic rings. The van der Waals surface area contributed by atoms with E-state index in [9.17, 15) is 9.90 Å². The average molecular weight is 291 g/mol. The number of carbonyl (C=O) groups is 1. The molecule has 1 atom stereocenters. The lowest BCUT2D eigenvalue weighted by molar-refractivity contribution is 0.0396. The van der Waals surface area contributed by atoms with Crippen molar-refractivity contribution in [1.29, 1.82) is 0 Å². The third-order valence-electron chi connectivity index (χ3n) is 4.12. The van der Waals surface area contributed by atoms with Gasteiger partial charge in [-0.2, -0.15) is 0 Å². The van der Waals surface area contributed by atoms with Crippen LogP contribution in [-0.2, 0) is 11.3 Å². The van der Waals surface area contributed by atoms with E-state index >= 15 is 0 Å². The fourth-order valence-electron chi connectivity index (χ4n) is 2.93. The third-order valence-corrected chi connectivity index (χ3v) is 4.12. The van der Waals surface area contributed by atoms with E-state index in [2.05, 4.69) is 0 Å². The van der Waals surface area contributed by atoms with Gasteiger partial charge in [-0.25, -0.2) is 4.79 Å². The Bertz CT molecular complexity index is 429. The lowest BCUT2D eigenvalue weighted by Crippen LogP contribution is -2.48. The molecule has 0 bridgehead atoms. The van der Waals surface area contributed by atoms with E-state index in [4.69, 9.17) is 4.74 Å². The van der Waals surface area contributed by atoms with Gasteiger partial charge in [-0.1, -0.05) is 49.6 Å². The lowest BCUT2D eigenvalue weighted by Gasteiger charge is -2.37. The number of amides is 1. The van der Waals surface area contributed by atoms with Gasteiger partial charge in [-0.15, -0.1) is 0 Å². The molecule has 0 radical (unpaired) electrons. The van der Waals surface area contributed by atoms with Crippen LogP contribution in [-0.4, -0.2) is 34.8 Å². The minimum atomic E-state index is -0.313. The van der Waals surface area contributed by atoms with E-state index in [1.807, 2.05) is 37.3 Å². The van der Waals surface area contributed by atoms with Crippen LogP contribution in [0.4, 0.5) is 4.79 Å². The first-order valence-corrected chi connectivity index (χ1v) is 7.82. The van der Waals surface area contributed by atoms with Gasteiger partial charge < -0.3 is 14.7 Å². The zero-order valence-corrected chi connectivity index (χ0v) is 12.7. The average Bonchev–Trinajstić information content (AvgIpc) is 2.55. The molecular weight excluding hydrogens is 266 g/mol. The normalized spacial score (nSPS) is 17.2. The standard InChI is InChI=1S/C17H25NO3/c1-14(12-19)18(16-10-6-3-7-11-16)17(20)21-13-15-8-4-2-5-9-15/h2,4-5,8-9,14,16,19H,3,6-7,10-13H2,1H3/t14-/m0/s1. The second-order valence-electron chi connectivity index (χ2n) is 5.77. The van der Waals surface area contributed by atoms with Crippen LogP contribution >= 0.6 is 0 Å². The molecule has 1 aliphatic rings. The van der Waals surface area contributed by atoms with Gasteiger partial charge in [0, 0.05) is 6.04 Å². The smallest absolute Gasteiger partial charge is 0.410 e. The number of benzene rings is 1. The van der Waals surface area contributed by atoms with Crippen LogP contribution < -0.4 is 0 Å². The molecule has 4 heteroatoms. The topological polar surface area (TPSA) is 49.8 Å². The molecule has 0 unspecified atom stereocenters. The van der Waals surface area contributed by atoms with E-state index in [-0.39, 0.29) is 31.4 Å². The predicted octanol–water partition coefficient (Wildman–Crippen LogP) is 3.34. The number of aliphatic hydroxyl groups is 1. The highest BCUT2D eigenvalue weighted by molar-refractivity contribution is 5.68. The van der Waals surface area contributed by atoms with Gasteiger partial charge in [0.25, 0.3) is 0 Å². The maximum Gasteiger partial charge on any atom is 0.410 e. The minimum Gasteiger partial charge on any atom is -0.445 e. The quantitative estimate of drug-likeness (QED) is 0.905. The van der Waals surface area contributed by atoms with Crippen LogP contribution in [0.25, 0.3) is 0 Å². The molecule has 0 spiro atoms. The van der Waals surface area contributed by atoms with E-state index in [0.29, 0.717) is 0 Å². The Kier molecular flexibility index (Phi) is 6.05. The number of hydrogen-bond acceptors (Lipinski definition) is 3. The van der Waals surface area contributed by atoms with Gasteiger partial charge in [0.2, 0.25) is 0 Å². The molecule has 1 amide bonds. The van der Waals surface area contributed by atoms with Crippen LogP contribution in [0.5, 0.6) is 0 Å². The summed E-state index contributed by atoms with van der Waals surface area (Å²) in [5.74, 6) is 0. The SMILES string of the molecule is C[C@@H](CO)N(C(=O)OCc1ccccc1)C1CCCCC1. The predicted molar refractivity (Wildman–Crippen MR) is 81.9 cm³/mol. The Morgan fingerprint density at radius 2 is 1.95 bits per heavy atom. The second kappa shape index (κ2) is 8.03. The van der Waals surface area contributed by atoms with Crippen molar-refractivity contribution in [1.82, 2.24) is 4.90 Å². The van der Waals surface area contributed by atoms with E-state index in [1.54, 1.807) is 4.90 Å². The highest BCUT2D eigenvalue weighted by atomic mass is 16.6. The fraction of sp³-hybridized carbons (Fsp3) is 0.588. The molecule has 2 rings (SSSR count). The van der Waals surface area contributed by atoms with E-state index < -0.39 is 0 Å². The molecule has 0 aliphatic heterocycles. The van der Waals surface area contributed by atoms with E-state index in [0.717, 1.165) is 31.2 Å². The molecule has 1 N–H and O–H groups in total. The van der Waals surface area contributed by atoms with Crippen LogP contribution in [0.3, 0.4) is 0 Å². The molecule has 0 heterocycles. The Morgan fingerprint density at radius 1 is 1.29 bits per heavy atom. The molecule has 0 aromatic heterocycles. The fourth-order valence-corrected chi connectivity index (χ4v) is 2.93. The summed E-state index contributed by atoms with van der Waals surface area (Å²) in [6, 6.07) is 9.67. The number of nitrogens with zero attached hydrogens (tertiary/aromatic N) is 1. The van der Waals surface area contributed by atoms with E-state index in [1.165, 1.54) is 6.42 Å². The summed E-state index contributed by atoms with van der Waals surface area (Å²) in [4.78, 5) is 14.1. The molecule has 1 aliphatic carbocycles. The molecule has 116 valence electrons. The monoisotopic (exact) mass is 291 g/mol. The lowest BCUT2D eigenvalue weighted by atomic mass is 9.93. The molecule has 4 nitrogen and oxygen atoms in total. The van der Waals surface area contributed by atoms with Crippen molar-refractivity contribution >= 4 is 6.09 Å². The maximum atomic E-state index is 12.4. The molecule has 1 saturated carbocycles. The zero-order valence-electron chi connectivity index (χ0n) is 12.7. The second-order valence-corrected chi connectivity index (χ2v) is 5.77. The Morgan fingerprint density at radius 3 is 2.57 bits per heavy atom.